The van der Waals surface area contributed by atoms with Gasteiger partial charge in [0.05, 0.1) is 7.11 Å². The molecule has 2 rings (SSSR count). The van der Waals surface area contributed by atoms with E-state index in [0.717, 1.165) is 0 Å². The van der Waals surface area contributed by atoms with Crippen molar-refractivity contribution in [3.63, 3.8) is 0 Å². The second-order valence-electron chi connectivity index (χ2n) is 4.48. The molecule has 1 heterocycles. The largest absolute Gasteiger partial charge is 0.467 e. The van der Waals surface area contributed by atoms with Crippen LogP contribution in [0.5, 0.6) is 6.01 Å². The van der Waals surface area contributed by atoms with Gasteiger partial charge in [-0.3, -0.25) is 0 Å². The molecule has 1 aliphatic rings. The number of hydrogen-bond acceptors (Lipinski definition) is 6. The minimum absolute atomic E-state index is 0.179. The summed E-state index contributed by atoms with van der Waals surface area (Å²) in [6.07, 6.45) is 5.18. The molecule has 17 heavy (non-hydrogen) atoms. The van der Waals surface area contributed by atoms with Gasteiger partial charge in [-0.15, -0.1) is 0 Å². The van der Waals surface area contributed by atoms with Gasteiger partial charge in [0.1, 0.15) is 0 Å². The summed E-state index contributed by atoms with van der Waals surface area (Å²) in [7, 11) is 1.51. The summed E-state index contributed by atoms with van der Waals surface area (Å²) >= 11 is 0. The molecule has 1 aromatic rings. The number of ether oxygens (including phenoxy) is 1. The molecule has 1 atom stereocenters. The number of anilines is 2. The Morgan fingerprint density at radius 1 is 1.29 bits per heavy atom. The highest BCUT2D eigenvalue weighted by Crippen LogP contribution is 2.28. The zero-order valence-electron chi connectivity index (χ0n) is 10.3. The fraction of sp³-hybridized carbons (Fsp3) is 0.727. The lowest BCUT2D eigenvalue weighted by Crippen LogP contribution is -2.25. The molecule has 1 unspecified atom stereocenters. The van der Waals surface area contributed by atoms with Gasteiger partial charge in [-0.25, -0.2) is 0 Å². The number of aromatic nitrogens is 3. The maximum atomic E-state index is 5.58. The second kappa shape index (κ2) is 5.16. The second-order valence-corrected chi connectivity index (χ2v) is 4.48. The molecule has 1 fully saturated rings. The van der Waals surface area contributed by atoms with Crippen LogP contribution in [0.3, 0.4) is 0 Å². The highest BCUT2D eigenvalue weighted by Gasteiger charge is 2.22. The molecule has 6 nitrogen and oxygen atoms in total. The molecule has 0 saturated heterocycles. The molecule has 6 heteroatoms. The van der Waals surface area contributed by atoms with E-state index in [4.69, 9.17) is 10.5 Å². The van der Waals surface area contributed by atoms with Gasteiger partial charge in [0, 0.05) is 6.04 Å². The number of nitrogens with zero attached hydrogens (tertiary/aromatic N) is 3. The SMILES string of the molecule is COc1nc(N)nc(NC(C)C2CCCC2)n1. The smallest absolute Gasteiger partial charge is 0.322 e. The van der Waals surface area contributed by atoms with Crippen LogP contribution in [0.2, 0.25) is 0 Å². The number of nitrogen functional groups attached to an aromatic ring is 1. The Hall–Kier alpha value is -1.59. The van der Waals surface area contributed by atoms with Crippen LogP contribution in [-0.2, 0) is 0 Å². The minimum Gasteiger partial charge on any atom is -0.467 e. The maximum absolute atomic E-state index is 5.58. The van der Waals surface area contributed by atoms with Crippen molar-refractivity contribution in [2.75, 3.05) is 18.2 Å². The molecule has 1 saturated carbocycles. The first-order chi connectivity index (χ1) is 8.19. The van der Waals surface area contributed by atoms with Crippen molar-refractivity contribution >= 4 is 11.9 Å². The van der Waals surface area contributed by atoms with Crippen molar-refractivity contribution < 1.29 is 4.74 Å². The first kappa shape index (κ1) is 11.9. The van der Waals surface area contributed by atoms with E-state index in [0.29, 0.717) is 17.9 Å². The average molecular weight is 237 g/mol. The molecule has 0 bridgehead atoms. The van der Waals surface area contributed by atoms with E-state index in [1.54, 1.807) is 0 Å². The van der Waals surface area contributed by atoms with Gasteiger partial charge in [-0.1, -0.05) is 12.8 Å². The van der Waals surface area contributed by atoms with Crippen molar-refractivity contribution in [2.45, 2.75) is 38.6 Å². The van der Waals surface area contributed by atoms with Gasteiger partial charge in [0.15, 0.2) is 0 Å². The lowest BCUT2D eigenvalue weighted by molar-refractivity contribution is 0.379. The number of hydrogen-bond donors (Lipinski definition) is 2. The lowest BCUT2D eigenvalue weighted by Gasteiger charge is -2.20. The highest BCUT2D eigenvalue weighted by atomic mass is 16.5. The number of rotatable bonds is 4. The van der Waals surface area contributed by atoms with Crippen LogP contribution < -0.4 is 15.8 Å². The van der Waals surface area contributed by atoms with Crippen LogP contribution in [0.4, 0.5) is 11.9 Å². The van der Waals surface area contributed by atoms with E-state index in [9.17, 15) is 0 Å². The number of nitrogens with one attached hydrogen (secondary N) is 1. The molecule has 1 aliphatic carbocycles. The van der Waals surface area contributed by atoms with E-state index in [1.807, 2.05) is 0 Å². The van der Waals surface area contributed by atoms with Crippen molar-refractivity contribution in [3.8, 4) is 6.01 Å². The molecule has 0 amide bonds. The summed E-state index contributed by atoms with van der Waals surface area (Å²) in [5.41, 5.74) is 5.58. The minimum atomic E-state index is 0.179. The van der Waals surface area contributed by atoms with Crippen LogP contribution in [-0.4, -0.2) is 28.1 Å². The topological polar surface area (TPSA) is 86.0 Å². The van der Waals surface area contributed by atoms with E-state index >= 15 is 0 Å². The van der Waals surface area contributed by atoms with Crippen LogP contribution >= 0.6 is 0 Å². The van der Waals surface area contributed by atoms with Gasteiger partial charge in [0.25, 0.3) is 0 Å². The zero-order chi connectivity index (χ0) is 12.3. The molecule has 1 aromatic heterocycles. The lowest BCUT2D eigenvalue weighted by atomic mass is 10.0. The van der Waals surface area contributed by atoms with Crippen molar-refractivity contribution in [1.82, 2.24) is 15.0 Å². The van der Waals surface area contributed by atoms with Crippen LogP contribution in [0.15, 0.2) is 0 Å². The summed E-state index contributed by atoms with van der Waals surface area (Å²) in [4.78, 5) is 12.0. The molecule has 0 aromatic carbocycles. The predicted molar refractivity (Wildman–Crippen MR) is 65.8 cm³/mol. The summed E-state index contributed by atoms with van der Waals surface area (Å²) in [5, 5.41) is 3.28. The Kier molecular flexibility index (Phi) is 3.61. The van der Waals surface area contributed by atoms with E-state index < -0.39 is 0 Å². The Labute approximate surface area is 101 Å². The summed E-state index contributed by atoms with van der Waals surface area (Å²) in [5.74, 6) is 1.37. The standard InChI is InChI=1S/C11H19N5O/c1-7(8-5-3-4-6-8)13-10-14-9(12)15-11(16-10)17-2/h7-8H,3-6H2,1-2H3,(H3,12,13,14,15,16). The van der Waals surface area contributed by atoms with Crippen LogP contribution in [0.1, 0.15) is 32.6 Å². The fourth-order valence-electron chi connectivity index (χ4n) is 2.31. The van der Waals surface area contributed by atoms with Gasteiger partial charge in [-0.2, -0.15) is 15.0 Å². The van der Waals surface area contributed by atoms with Crippen molar-refractivity contribution in [3.05, 3.63) is 0 Å². The fourth-order valence-corrected chi connectivity index (χ4v) is 2.31. The normalized spacial score (nSPS) is 18.0. The first-order valence-electron chi connectivity index (χ1n) is 6.01. The summed E-state index contributed by atoms with van der Waals surface area (Å²) in [6, 6.07) is 0.600. The van der Waals surface area contributed by atoms with Gasteiger partial charge in [0.2, 0.25) is 11.9 Å². The molecule has 0 radical (unpaired) electrons. The highest BCUT2D eigenvalue weighted by molar-refractivity contribution is 5.33. The maximum Gasteiger partial charge on any atom is 0.322 e. The Balaban J connectivity index is 2.04. The van der Waals surface area contributed by atoms with Crippen LogP contribution in [0.25, 0.3) is 0 Å². The summed E-state index contributed by atoms with van der Waals surface area (Å²) in [6.45, 7) is 2.16. The van der Waals surface area contributed by atoms with Gasteiger partial charge in [-0.05, 0) is 25.7 Å². The molecule has 0 spiro atoms. The van der Waals surface area contributed by atoms with Crippen molar-refractivity contribution in [2.24, 2.45) is 5.92 Å². The van der Waals surface area contributed by atoms with Gasteiger partial charge < -0.3 is 15.8 Å². The third-order valence-electron chi connectivity index (χ3n) is 3.28. The Bertz CT molecular complexity index is 378. The Morgan fingerprint density at radius 3 is 2.65 bits per heavy atom. The predicted octanol–water partition coefficient (Wildman–Crippen LogP) is 1.45. The average Bonchev–Trinajstić information content (AvgIpc) is 2.81. The molecule has 0 aliphatic heterocycles. The third-order valence-corrected chi connectivity index (χ3v) is 3.28. The van der Waals surface area contributed by atoms with E-state index in [-0.39, 0.29) is 12.0 Å². The zero-order valence-corrected chi connectivity index (χ0v) is 10.3. The third kappa shape index (κ3) is 2.95. The van der Waals surface area contributed by atoms with Gasteiger partial charge >= 0.3 is 6.01 Å². The van der Waals surface area contributed by atoms with E-state index in [2.05, 4.69) is 27.2 Å². The molecular formula is C11H19N5O. The first-order valence-corrected chi connectivity index (χ1v) is 6.01. The monoisotopic (exact) mass is 237 g/mol. The summed E-state index contributed by atoms with van der Waals surface area (Å²) < 4.78 is 4.96. The van der Waals surface area contributed by atoms with Crippen LogP contribution in [0, 0.1) is 5.92 Å². The Morgan fingerprint density at radius 2 is 2.00 bits per heavy atom. The quantitative estimate of drug-likeness (QED) is 0.824. The molecular weight excluding hydrogens is 218 g/mol. The van der Waals surface area contributed by atoms with Crippen molar-refractivity contribution in [1.29, 1.82) is 0 Å². The molecule has 94 valence electrons. The molecule has 3 N–H and O–H groups in total. The van der Waals surface area contributed by atoms with E-state index in [1.165, 1.54) is 32.8 Å². The number of nitrogens with two attached hydrogens (primary N) is 1. The number of methoxy groups -OCH3 is 1.